The number of pyridine rings is 1. The average Bonchev–Trinajstić information content (AvgIpc) is 2.81. The van der Waals surface area contributed by atoms with Crippen molar-refractivity contribution in [3.8, 4) is 0 Å². The summed E-state index contributed by atoms with van der Waals surface area (Å²) in [5.74, 6) is -4.58. The Balaban J connectivity index is 1.91. The van der Waals surface area contributed by atoms with E-state index in [2.05, 4.69) is 10.3 Å². The lowest BCUT2D eigenvalue weighted by Gasteiger charge is -2.23. The molecule has 3 aromatic rings. The standard InChI is InChI=1S/C25H22N2O7/c1-15-5-3-7-17(13-15)24(31)33-20(22(28)27-19-9-11-26-12-10-19)21(23(29)30)34-25(32)18-8-4-6-16(2)14-18/h3-14,20-21H,1-2H3,(H,29,30)(H,26,27,28)/t20-,21+/m1/s1. The first-order valence-corrected chi connectivity index (χ1v) is 10.2. The maximum absolute atomic E-state index is 13.0. The molecule has 1 amide bonds. The molecular formula is C25H22N2O7. The summed E-state index contributed by atoms with van der Waals surface area (Å²) in [5, 5.41) is 12.2. The van der Waals surface area contributed by atoms with Crippen LogP contribution in [0.3, 0.4) is 0 Å². The van der Waals surface area contributed by atoms with Crippen molar-refractivity contribution in [2.45, 2.75) is 26.1 Å². The third-order valence-electron chi connectivity index (χ3n) is 4.70. The highest BCUT2D eigenvalue weighted by molar-refractivity contribution is 6.01. The zero-order valence-corrected chi connectivity index (χ0v) is 18.4. The molecular weight excluding hydrogens is 440 g/mol. The van der Waals surface area contributed by atoms with Crippen molar-refractivity contribution in [1.29, 1.82) is 0 Å². The molecule has 34 heavy (non-hydrogen) atoms. The van der Waals surface area contributed by atoms with Crippen LogP contribution in [-0.4, -0.2) is 46.1 Å². The van der Waals surface area contributed by atoms with Gasteiger partial charge in [0.2, 0.25) is 12.2 Å². The summed E-state index contributed by atoms with van der Waals surface area (Å²) in [6.45, 7) is 3.51. The van der Waals surface area contributed by atoms with E-state index < -0.39 is 36.0 Å². The van der Waals surface area contributed by atoms with Gasteiger partial charge in [-0.3, -0.25) is 9.78 Å². The van der Waals surface area contributed by atoms with E-state index in [0.29, 0.717) is 0 Å². The van der Waals surface area contributed by atoms with E-state index in [1.54, 1.807) is 38.1 Å². The monoisotopic (exact) mass is 462 g/mol. The lowest BCUT2D eigenvalue weighted by molar-refractivity contribution is -0.157. The molecule has 0 fully saturated rings. The predicted octanol–water partition coefficient (Wildman–Crippen LogP) is 3.17. The molecule has 9 heteroatoms. The van der Waals surface area contributed by atoms with Crippen LogP contribution in [0.5, 0.6) is 0 Å². The number of carbonyl (C=O) groups is 4. The van der Waals surface area contributed by atoms with Gasteiger partial charge in [0.1, 0.15) is 0 Å². The first-order valence-electron chi connectivity index (χ1n) is 10.2. The quantitative estimate of drug-likeness (QED) is 0.488. The first kappa shape index (κ1) is 24.1. The average molecular weight is 462 g/mol. The molecule has 3 rings (SSSR count). The highest BCUT2D eigenvalue weighted by atomic mass is 16.6. The molecule has 174 valence electrons. The predicted molar refractivity (Wildman–Crippen MR) is 121 cm³/mol. The zero-order valence-electron chi connectivity index (χ0n) is 18.4. The van der Waals surface area contributed by atoms with Gasteiger partial charge in [0.15, 0.2) is 0 Å². The van der Waals surface area contributed by atoms with Gasteiger partial charge in [-0.2, -0.15) is 0 Å². The number of amides is 1. The Morgan fingerprint density at radius 1 is 0.794 bits per heavy atom. The van der Waals surface area contributed by atoms with Gasteiger partial charge in [-0.1, -0.05) is 35.4 Å². The van der Waals surface area contributed by atoms with Crippen LogP contribution in [0.4, 0.5) is 5.69 Å². The molecule has 9 nitrogen and oxygen atoms in total. The van der Waals surface area contributed by atoms with Crippen LogP contribution in [0, 0.1) is 13.8 Å². The second kappa shape index (κ2) is 10.9. The van der Waals surface area contributed by atoms with E-state index in [0.717, 1.165) is 11.1 Å². The number of anilines is 1. The maximum atomic E-state index is 13.0. The molecule has 0 saturated carbocycles. The van der Waals surface area contributed by atoms with Crippen LogP contribution in [0.25, 0.3) is 0 Å². The summed E-state index contributed by atoms with van der Waals surface area (Å²) < 4.78 is 10.4. The summed E-state index contributed by atoms with van der Waals surface area (Å²) in [6.07, 6.45) is -1.26. The van der Waals surface area contributed by atoms with Crippen molar-refractivity contribution in [3.63, 3.8) is 0 Å². The fourth-order valence-corrected chi connectivity index (χ4v) is 3.05. The number of ether oxygens (including phenoxy) is 2. The van der Waals surface area contributed by atoms with Crippen LogP contribution in [0.2, 0.25) is 0 Å². The van der Waals surface area contributed by atoms with Crippen LogP contribution in [0.15, 0.2) is 73.1 Å². The molecule has 0 spiro atoms. The number of aliphatic carboxylic acids is 1. The number of carboxylic acid groups (broad SMARTS) is 1. The van der Waals surface area contributed by atoms with E-state index >= 15 is 0 Å². The Morgan fingerprint density at radius 2 is 1.29 bits per heavy atom. The van der Waals surface area contributed by atoms with Crippen molar-refractivity contribution < 1.29 is 33.8 Å². The summed E-state index contributed by atoms with van der Waals surface area (Å²) in [6, 6.07) is 15.6. The second-order valence-electron chi connectivity index (χ2n) is 7.45. The Morgan fingerprint density at radius 3 is 1.76 bits per heavy atom. The maximum Gasteiger partial charge on any atom is 0.349 e. The minimum Gasteiger partial charge on any atom is -0.478 e. The molecule has 0 aliphatic carbocycles. The Labute approximate surface area is 195 Å². The van der Waals surface area contributed by atoms with E-state index in [9.17, 15) is 24.3 Å². The van der Waals surface area contributed by atoms with E-state index in [1.807, 2.05) is 0 Å². The number of esters is 2. The molecule has 0 unspecified atom stereocenters. The summed E-state index contributed by atoms with van der Waals surface area (Å²) in [7, 11) is 0. The highest BCUT2D eigenvalue weighted by Gasteiger charge is 2.41. The van der Waals surface area contributed by atoms with Crippen LogP contribution in [-0.2, 0) is 19.1 Å². The molecule has 0 radical (unpaired) electrons. The molecule has 2 N–H and O–H groups in total. The minimum absolute atomic E-state index is 0.0875. The molecule has 0 aliphatic rings. The molecule has 2 atom stereocenters. The van der Waals surface area contributed by atoms with Crippen LogP contribution in [0.1, 0.15) is 31.8 Å². The molecule has 0 saturated heterocycles. The summed E-state index contributed by atoms with van der Waals surface area (Å²) >= 11 is 0. The molecule has 0 aliphatic heterocycles. The fraction of sp³-hybridized carbons (Fsp3) is 0.160. The summed E-state index contributed by atoms with van der Waals surface area (Å²) in [4.78, 5) is 54.3. The number of aromatic nitrogens is 1. The number of benzene rings is 2. The zero-order chi connectivity index (χ0) is 24.7. The van der Waals surface area contributed by atoms with Crippen molar-refractivity contribution in [3.05, 3.63) is 95.3 Å². The minimum atomic E-state index is -2.11. The van der Waals surface area contributed by atoms with Gasteiger partial charge in [-0.05, 0) is 50.2 Å². The highest BCUT2D eigenvalue weighted by Crippen LogP contribution is 2.16. The topological polar surface area (TPSA) is 132 Å². The molecule has 1 heterocycles. The number of carboxylic acids is 1. The van der Waals surface area contributed by atoms with Crippen molar-refractivity contribution in [1.82, 2.24) is 4.98 Å². The van der Waals surface area contributed by atoms with Gasteiger partial charge in [0.05, 0.1) is 11.1 Å². The number of carbonyl (C=O) groups excluding carboxylic acids is 3. The van der Waals surface area contributed by atoms with Gasteiger partial charge >= 0.3 is 17.9 Å². The van der Waals surface area contributed by atoms with Gasteiger partial charge in [0, 0.05) is 18.1 Å². The third kappa shape index (κ3) is 6.26. The number of rotatable bonds is 8. The molecule has 0 bridgehead atoms. The Bertz CT molecular complexity index is 1210. The van der Waals surface area contributed by atoms with Crippen molar-refractivity contribution in [2.75, 3.05) is 5.32 Å². The van der Waals surface area contributed by atoms with Crippen molar-refractivity contribution in [2.24, 2.45) is 0 Å². The summed E-state index contributed by atoms with van der Waals surface area (Å²) in [5.41, 5.74) is 1.98. The normalized spacial score (nSPS) is 12.2. The Kier molecular flexibility index (Phi) is 7.71. The van der Waals surface area contributed by atoms with Gasteiger partial charge in [-0.15, -0.1) is 0 Å². The lowest BCUT2D eigenvalue weighted by atomic mass is 10.1. The number of nitrogens with zero attached hydrogens (tertiary/aromatic N) is 1. The van der Waals surface area contributed by atoms with Crippen LogP contribution < -0.4 is 5.32 Å². The molecule has 1 aromatic heterocycles. The van der Waals surface area contributed by atoms with E-state index in [-0.39, 0.29) is 16.8 Å². The lowest BCUT2D eigenvalue weighted by Crippen LogP contribution is -2.48. The first-order chi connectivity index (χ1) is 16.2. The van der Waals surface area contributed by atoms with Crippen LogP contribution >= 0.6 is 0 Å². The number of nitrogens with one attached hydrogen (secondary N) is 1. The SMILES string of the molecule is Cc1cccc(C(=O)O[C@H](C(=O)O)[C@@H](OC(=O)c2cccc(C)c2)C(=O)Nc2ccncc2)c1. The van der Waals surface area contributed by atoms with E-state index in [4.69, 9.17) is 9.47 Å². The Hall–Kier alpha value is -4.53. The smallest absolute Gasteiger partial charge is 0.349 e. The van der Waals surface area contributed by atoms with Gasteiger partial charge < -0.3 is 19.9 Å². The molecule has 2 aromatic carbocycles. The fourth-order valence-electron chi connectivity index (χ4n) is 3.05. The third-order valence-corrected chi connectivity index (χ3v) is 4.70. The second-order valence-corrected chi connectivity index (χ2v) is 7.45. The number of aryl methyl sites for hydroxylation is 2. The number of hydrogen-bond acceptors (Lipinski definition) is 7. The largest absolute Gasteiger partial charge is 0.478 e. The van der Waals surface area contributed by atoms with Gasteiger partial charge in [-0.25, -0.2) is 14.4 Å². The van der Waals surface area contributed by atoms with Crippen molar-refractivity contribution >= 4 is 29.5 Å². The van der Waals surface area contributed by atoms with E-state index in [1.165, 1.54) is 48.8 Å². The van der Waals surface area contributed by atoms with Gasteiger partial charge in [0.25, 0.3) is 5.91 Å². The number of hydrogen-bond donors (Lipinski definition) is 2.